The fourth-order valence-electron chi connectivity index (χ4n) is 3.23. The van der Waals surface area contributed by atoms with Gasteiger partial charge < -0.3 is 29.4 Å². The van der Waals surface area contributed by atoms with Crippen LogP contribution in [0.2, 0.25) is 0 Å². The van der Waals surface area contributed by atoms with Gasteiger partial charge in [-0.15, -0.1) is 0 Å². The summed E-state index contributed by atoms with van der Waals surface area (Å²) >= 11 is 0. The molecule has 0 radical (unpaired) electrons. The highest BCUT2D eigenvalue weighted by Gasteiger charge is 2.36. The van der Waals surface area contributed by atoms with Crippen LogP contribution in [0.4, 0.5) is 0 Å². The highest BCUT2D eigenvalue weighted by Crippen LogP contribution is 2.40. The van der Waals surface area contributed by atoms with Gasteiger partial charge in [0.2, 0.25) is 5.75 Å². The number of hydrogen-bond donors (Lipinski definition) is 2. The van der Waals surface area contributed by atoms with E-state index in [-0.39, 0.29) is 18.2 Å². The fourth-order valence-corrected chi connectivity index (χ4v) is 3.23. The van der Waals surface area contributed by atoms with E-state index in [1.54, 1.807) is 24.3 Å². The molecule has 27 heavy (non-hydrogen) atoms. The van der Waals surface area contributed by atoms with Crippen LogP contribution in [0.25, 0.3) is 0 Å². The number of carbonyl (C=O) groups is 1. The van der Waals surface area contributed by atoms with E-state index in [0.717, 1.165) is 0 Å². The molecule has 1 aliphatic rings. The molecule has 3 rings (SSSR count). The van der Waals surface area contributed by atoms with Gasteiger partial charge in [-0.25, -0.2) is 0 Å². The van der Waals surface area contributed by atoms with Gasteiger partial charge in [0.1, 0.15) is 11.4 Å². The number of aliphatic hydroxyl groups is 1. The van der Waals surface area contributed by atoms with Crippen molar-refractivity contribution in [3.63, 3.8) is 0 Å². The molecule has 0 aliphatic carbocycles. The molecule has 1 aliphatic heterocycles. The summed E-state index contributed by atoms with van der Waals surface area (Å²) in [6.45, 7) is 0.423. The summed E-state index contributed by atoms with van der Waals surface area (Å²) in [6, 6.07) is 10.5. The van der Waals surface area contributed by atoms with Crippen LogP contribution in [-0.4, -0.2) is 45.5 Å². The van der Waals surface area contributed by atoms with Crippen molar-refractivity contribution in [2.75, 3.05) is 34.5 Å². The number of para-hydroxylation sites is 1. The molecule has 0 saturated heterocycles. The van der Waals surface area contributed by atoms with Gasteiger partial charge in [0.25, 0.3) is 5.91 Å². The molecule has 144 valence electrons. The molecule has 0 spiro atoms. The molecule has 0 bridgehead atoms. The normalized spacial score (nSPS) is 18.1. The van der Waals surface area contributed by atoms with Crippen LogP contribution in [0.1, 0.15) is 22.3 Å². The molecular weight excluding hydrogens is 350 g/mol. The lowest BCUT2D eigenvalue weighted by molar-refractivity contribution is -0.00163. The maximum Gasteiger partial charge on any atom is 0.255 e. The third-order valence-corrected chi connectivity index (χ3v) is 4.65. The van der Waals surface area contributed by atoms with Crippen molar-refractivity contribution in [1.82, 2.24) is 5.32 Å². The van der Waals surface area contributed by atoms with Gasteiger partial charge in [-0.3, -0.25) is 4.79 Å². The third kappa shape index (κ3) is 3.50. The standard InChI is InChI=1S/C20H23NO6/c1-24-16-9-8-13(17(25-2)18(16)26-3)19(22)21-12-20(23)10-11-27-15-7-5-4-6-14(15)20/h4-9,23H,10-12H2,1-3H3,(H,21,22). The zero-order valence-electron chi connectivity index (χ0n) is 15.6. The van der Waals surface area contributed by atoms with E-state index in [9.17, 15) is 9.90 Å². The number of methoxy groups -OCH3 is 3. The quantitative estimate of drug-likeness (QED) is 0.807. The van der Waals surface area contributed by atoms with E-state index in [2.05, 4.69) is 5.32 Å². The third-order valence-electron chi connectivity index (χ3n) is 4.65. The Morgan fingerprint density at radius 1 is 1.11 bits per heavy atom. The van der Waals surface area contributed by atoms with Crippen LogP contribution in [0, 0.1) is 0 Å². The molecule has 0 fully saturated rings. The minimum atomic E-state index is -1.20. The molecule has 2 N–H and O–H groups in total. The predicted molar refractivity (Wildman–Crippen MR) is 98.9 cm³/mol. The Balaban J connectivity index is 1.83. The van der Waals surface area contributed by atoms with Crippen molar-refractivity contribution >= 4 is 5.91 Å². The van der Waals surface area contributed by atoms with Gasteiger partial charge in [0.15, 0.2) is 11.5 Å². The Morgan fingerprint density at radius 3 is 2.56 bits per heavy atom. The SMILES string of the molecule is COc1ccc(C(=O)NCC2(O)CCOc3ccccc32)c(OC)c1OC. The first-order valence-corrected chi connectivity index (χ1v) is 8.56. The van der Waals surface area contributed by atoms with Gasteiger partial charge >= 0.3 is 0 Å². The highest BCUT2D eigenvalue weighted by molar-refractivity contribution is 5.98. The van der Waals surface area contributed by atoms with Gasteiger partial charge in [-0.1, -0.05) is 18.2 Å². The largest absolute Gasteiger partial charge is 0.493 e. The Morgan fingerprint density at radius 2 is 1.85 bits per heavy atom. The van der Waals surface area contributed by atoms with E-state index < -0.39 is 5.60 Å². The van der Waals surface area contributed by atoms with Gasteiger partial charge in [-0.2, -0.15) is 0 Å². The highest BCUT2D eigenvalue weighted by atomic mass is 16.5. The number of rotatable bonds is 6. The zero-order chi connectivity index (χ0) is 19.4. The monoisotopic (exact) mass is 373 g/mol. The van der Waals surface area contributed by atoms with E-state index in [1.165, 1.54) is 21.3 Å². The van der Waals surface area contributed by atoms with Crippen LogP contribution in [0.3, 0.4) is 0 Å². The maximum absolute atomic E-state index is 12.8. The Labute approximate surface area is 157 Å². The zero-order valence-corrected chi connectivity index (χ0v) is 15.6. The summed E-state index contributed by atoms with van der Waals surface area (Å²) in [7, 11) is 4.44. The van der Waals surface area contributed by atoms with Crippen molar-refractivity contribution in [1.29, 1.82) is 0 Å². The molecule has 1 atom stereocenters. The number of nitrogens with one attached hydrogen (secondary N) is 1. The Kier molecular flexibility index (Phi) is 5.41. The van der Waals surface area contributed by atoms with Gasteiger partial charge in [0.05, 0.1) is 40.0 Å². The molecule has 1 heterocycles. The summed E-state index contributed by atoms with van der Waals surface area (Å²) in [5.74, 6) is 1.31. The molecule has 1 amide bonds. The van der Waals surface area contributed by atoms with Crippen molar-refractivity contribution in [2.45, 2.75) is 12.0 Å². The fraction of sp³-hybridized carbons (Fsp3) is 0.350. The van der Waals surface area contributed by atoms with Crippen LogP contribution < -0.4 is 24.3 Å². The molecule has 7 nitrogen and oxygen atoms in total. The lowest BCUT2D eigenvalue weighted by Crippen LogP contribution is -2.44. The minimum Gasteiger partial charge on any atom is -0.493 e. The number of benzene rings is 2. The summed E-state index contributed by atoms with van der Waals surface area (Å²) < 4.78 is 21.5. The van der Waals surface area contributed by atoms with Gasteiger partial charge in [-0.05, 0) is 18.2 Å². The average molecular weight is 373 g/mol. The average Bonchev–Trinajstić information content (AvgIpc) is 2.71. The van der Waals surface area contributed by atoms with Crippen LogP contribution in [0.5, 0.6) is 23.0 Å². The number of carbonyl (C=O) groups excluding carboxylic acids is 1. The molecule has 0 aromatic heterocycles. The molecule has 2 aromatic carbocycles. The second-order valence-corrected chi connectivity index (χ2v) is 6.19. The first-order chi connectivity index (χ1) is 13.0. The molecule has 1 unspecified atom stereocenters. The number of amides is 1. The van der Waals surface area contributed by atoms with Crippen molar-refractivity contribution < 1.29 is 28.8 Å². The predicted octanol–water partition coefficient (Wildman–Crippen LogP) is 2.11. The minimum absolute atomic E-state index is 0.0453. The van der Waals surface area contributed by atoms with Crippen LogP contribution in [0.15, 0.2) is 36.4 Å². The molecule has 7 heteroatoms. The summed E-state index contributed by atoms with van der Waals surface area (Å²) in [5, 5.41) is 13.9. The summed E-state index contributed by atoms with van der Waals surface area (Å²) in [5.41, 5.74) is -0.246. The van der Waals surface area contributed by atoms with Crippen molar-refractivity contribution in [3.8, 4) is 23.0 Å². The molecule has 2 aromatic rings. The lowest BCUT2D eigenvalue weighted by atomic mass is 9.88. The molecule has 0 saturated carbocycles. The summed E-state index contributed by atoms with van der Waals surface area (Å²) in [6.07, 6.45) is 0.382. The Bertz CT molecular complexity index is 837. The second-order valence-electron chi connectivity index (χ2n) is 6.19. The topological polar surface area (TPSA) is 86.3 Å². The Hall–Kier alpha value is -2.93. The van der Waals surface area contributed by atoms with E-state index in [0.29, 0.717) is 41.4 Å². The lowest BCUT2D eigenvalue weighted by Gasteiger charge is -2.34. The maximum atomic E-state index is 12.8. The summed E-state index contributed by atoms with van der Waals surface area (Å²) in [4.78, 5) is 12.8. The van der Waals surface area contributed by atoms with Crippen molar-refractivity contribution in [2.24, 2.45) is 0 Å². The first kappa shape index (κ1) is 18.8. The van der Waals surface area contributed by atoms with E-state index in [4.69, 9.17) is 18.9 Å². The number of hydrogen-bond acceptors (Lipinski definition) is 6. The van der Waals surface area contributed by atoms with E-state index in [1.807, 2.05) is 12.1 Å². The van der Waals surface area contributed by atoms with Gasteiger partial charge in [0, 0.05) is 12.0 Å². The van der Waals surface area contributed by atoms with Crippen LogP contribution in [-0.2, 0) is 5.60 Å². The second kappa shape index (κ2) is 7.75. The van der Waals surface area contributed by atoms with Crippen molar-refractivity contribution in [3.05, 3.63) is 47.5 Å². The smallest absolute Gasteiger partial charge is 0.255 e. The number of fused-ring (bicyclic) bond motifs is 1. The van der Waals surface area contributed by atoms with E-state index >= 15 is 0 Å². The molecular formula is C20H23NO6. The van der Waals surface area contributed by atoms with Crippen LogP contribution >= 0.6 is 0 Å². The first-order valence-electron chi connectivity index (χ1n) is 8.56. The number of ether oxygens (including phenoxy) is 4.